The zero-order valence-corrected chi connectivity index (χ0v) is 17.4. The fraction of sp³-hybridized carbons (Fsp3) is 0.409. The van der Waals surface area contributed by atoms with E-state index in [2.05, 4.69) is 10.3 Å². The molecule has 0 spiro atoms. The van der Waals surface area contributed by atoms with Gasteiger partial charge in [-0.25, -0.2) is 4.98 Å². The molecule has 1 saturated heterocycles. The lowest BCUT2D eigenvalue weighted by Gasteiger charge is -2.23. The van der Waals surface area contributed by atoms with Crippen molar-refractivity contribution in [3.8, 4) is 0 Å². The summed E-state index contributed by atoms with van der Waals surface area (Å²) in [5, 5.41) is 2.79. The first-order chi connectivity index (χ1) is 14.6. The highest BCUT2D eigenvalue weighted by atomic mass is 19.4. The van der Waals surface area contributed by atoms with Gasteiger partial charge in [0.15, 0.2) is 0 Å². The minimum Gasteiger partial charge on any atom is -0.355 e. The maximum absolute atomic E-state index is 12.7. The van der Waals surface area contributed by atoms with Crippen LogP contribution in [0.25, 0.3) is 0 Å². The maximum atomic E-state index is 12.7. The van der Waals surface area contributed by atoms with Gasteiger partial charge in [-0.1, -0.05) is 13.8 Å². The van der Waals surface area contributed by atoms with Gasteiger partial charge in [-0.3, -0.25) is 9.59 Å². The van der Waals surface area contributed by atoms with E-state index in [1.54, 1.807) is 17.2 Å². The fourth-order valence-electron chi connectivity index (χ4n) is 3.27. The second-order valence-electron chi connectivity index (χ2n) is 7.76. The van der Waals surface area contributed by atoms with Gasteiger partial charge in [-0.2, -0.15) is 13.2 Å². The average Bonchev–Trinajstić information content (AvgIpc) is 2.99. The molecule has 6 nitrogen and oxygen atoms in total. The number of hydrogen-bond acceptors (Lipinski definition) is 4. The number of anilines is 2. The highest BCUT2D eigenvalue weighted by Gasteiger charge is 2.30. The second kappa shape index (κ2) is 9.36. The lowest BCUT2D eigenvalue weighted by Crippen LogP contribution is -2.35. The lowest BCUT2D eigenvalue weighted by atomic mass is 10.1. The molecule has 31 heavy (non-hydrogen) atoms. The summed E-state index contributed by atoms with van der Waals surface area (Å²) in [4.78, 5) is 32.6. The molecule has 2 amide bonds. The van der Waals surface area contributed by atoms with Crippen molar-refractivity contribution in [3.05, 3.63) is 53.7 Å². The van der Waals surface area contributed by atoms with Crippen molar-refractivity contribution in [2.24, 2.45) is 5.92 Å². The van der Waals surface area contributed by atoms with Gasteiger partial charge in [-0.15, -0.1) is 0 Å². The molecule has 0 radical (unpaired) electrons. The van der Waals surface area contributed by atoms with Crippen LogP contribution < -0.4 is 10.2 Å². The Labute approximate surface area is 179 Å². The van der Waals surface area contributed by atoms with Crippen molar-refractivity contribution >= 4 is 23.3 Å². The molecule has 1 aliphatic rings. The summed E-state index contributed by atoms with van der Waals surface area (Å²) >= 11 is 0. The minimum absolute atomic E-state index is 0.0817. The van der Waals surface area contributed by atoms with E-state index in [9.17, 15) is 22.8 Å². The van der Waals surface area contributed by atoms with Crippen LogP contribution in [0.15, 0.2) is 42.6 Å². The van der Waals surface area contributed by atoms with E-state index < -0.39 is 11.7 Å². The van der Waals surface area contributed by atoms with Crippen molar-refractivity contribution in [3.63, 3.8) is 0 Å². The molecule has 1 fully saturated rings. The van der Waals surface area contributed by atoms with Crippen molar-refractivity contribution in [1.29, 1.82) is 0 Å². The highest BCUT2D eigenvalue weighted by molar-refractivity contribution is 5.94. The number of nitrogens with zero attached hydrogens (tertiary/aromatic N) is 3. The first-order valence-corrected chi connectivity index (χ1v) is 10.1. The Balaban J connectivity index is 1.61. The first-order valence-electron chi connectivity index (χ1n) is 10.1. The number of nitrogens with one attached hydrogen (secondary N) is 1. The summed E-state index contributed by atoms with van der Waals surface area (Å²) in [5.41, 5.74) is 0.0893. The van der Waals surface area contributed by atoms with Crippen molar-refractivity contribution in [2.75, 3.05) is 36.4 Å². The van der Waals surface area contributed by atoms with Crippen molar-refractivity contribution < 1.29 is 22.8 Å². The van der Waals surface area contributed by atoms with Gasteiger partial charge in [0.1, 0.15) is 5.82 Å². The van der Waals surface area contributed by atoms with Crippen LogP contribution in [0.1, 0.15) is 36.2 Å². The van der Waals surface area contributed by atoms with E-state index in [0.717, 1.165) is 18.0 Å². The van der Waals surface area contributed by atoms with Gasteiger partial charge in [0, 0.05) is 37.7 Å². The Morgan fingerprint density at radius 1 is 1.00 bits per heavy atom. The molecule has 166 valence electrons. The molecule has 9 heteroatoms. The normalized spacial score (nSPS) is 15.0. The van der Waals surface area contributed by atoms with Crippen LogP contribution in [0.4, 0.5) is 24.7 Å². The molecule has 0 aliphatic carbocycles. The molecule has 3 rings (SSSR count). The number of hydrogen-bond donors (Lipinski definition) is 1. The predicted molar refractivity (Wildman–Crippen MR) is 112 cm³/mol. The topological polar surface area (TPSA) is 65.5 Å². The Morgan fingerprint density at radius 2 is 1.71 bits per heavy atom. The smallest absolute Gasteiger partial charge is 0.355 e. The molecule has 1 aromatic carbocycles. The molecule has 1 aromatic heterocycles. The predicted octanol–water partition coefficient (Wildman–Crippen LogP) is 4.05. The van der Waals surface area contributed by atoms with E-state index in [1.807, 2.05) is 24.8 Å². The van der Waals surface area contributed by atoms with E-state index in [1.165, 1.54) is 12.1 Å². The number of carbonyl (C=O) groups excluding carboxylic acids is 2. The second-order valence-corrected chi connectivity index (χ2v) is 7.76. The zero-order valence-electron chi connectivity index (χ0n) is 17.4. The van der Waals surface area contributed by atoms with Gasteiger partial charge in [-0.05, 0) is 42.8 Å². The highest BCUT2D eigenvalue weighted by Crippen LogP contribution is 2.29. The summed E-state index contributed by atoms with van der Waals surface area (Å²) in [6.45, 7) is 5.82. The van der Waals surface area contributed by atoms with Gasteiger partial charge in [0.2, 0.25) is 5.91 Å². The largest absolute Gasteiger partial charge is 0.416 e. The molecule has 2 aromatic rings. The number of carbonyl (C=O) groups is 2. The third kappa shape index (κ3) is 5.74. The standard InChI is InChI=1S/C22H25F3N4O2/c1-15(2)20(30)27-18-8-9-19(26-14-18)28-10-3-11-29(13-12-28)21(31)16-4-6-17(7-5-16)22(23,24)25/h4-9,14-15H,3,10-13H2,1-2H3,(H,27,30). The Bertz CT molecular complexity index is 912. The van der Waals surface area contributed by atoms with Crippen LogP contribution in [-0.2, 0) is 11.0 Å². The molecule has 0 saturated carbocycles. The molecule has 0 bridgehead atoms. The molecular weight excluding hydrogens is 409 g/mol. The number of halogens is 3. The Morgan fingerprint density at radius 3 is 2.29 bits per heavy atom. The Hall–Kier alpha value is -3.10. The minimum atomic E-state index is -4.43. The van der Waals surface area contributed by atoms with E-state index >= 15 is 0 Å². The summed E-state index contributed by atoms with van der Waals surface area (Å²) in [6, 6.07) is 7.92. The zero-order chi connectivity index (χ0) is 22.6. The molecule has 0 atom stereocenters. The summed E-state index contributed by atoms with van der Waals surface area (Å²) < 4.78 is 38.2. The van der Waals surface area contributed by atoms with Crippen LogP contribution in [0, 0.1) is 5.92 Å². The van der Waals surface area contributed by atoms with Gasteiger partial charge in [0.05, 0.1) is 17.4 Å². The number of rotatable bonds is 4. The maximum Gasteiger partial charge on any atom is 0.416 e. The number of benzene rings is 1. The van der Waals surface area contributed by atoms with Crippen LogP contribution in [0.5, 0.6) is 0 Å². The Kier molecular flexibility index (Phi) is 6.82. The first kappa shape index (κ1) is 22.6. The molecule has 0 unspecified atom stereocenters. The van der Waals surface area contributed by atoms with Crippen LogP contribution in [0.3, 0.4) is 0 Å². The number of aromatic nitrogens is 1. The third-order valence-electron chi connectivity index (χ3n) is 5.11. The van der Waals surface area contributed by atoms with E-state index in [-0.39, 0.29) is 23.3 Å². The lowest BCUT2D eigenvalue weighted by molar-refractivity contribution is -0.137. The molecule has 1 aliphatic heterocycles. The van der Waals surface area contributed by atoms with E-state index in [0.29, 0.717) is 38.3 Å². The molecular formula is C22H25F3N4O2. The van der Waals surface area contributed by atoms with Gasteiger partial charge in [0.25, 0.3) is 5.91 Å². The number of alkyl halides is 3. The van der Waals surface area contributed by atoms with Gasteiger partial charge < -0.3 is 15.1 Å². The summed E-state index contributed by atoms with van der Waals surface area (Å²) in [5.74, 6) is 0.252. The molecule has 2 heterocycles. The molecule has 1 N–H and O–H groups in total. The van der Waals surface area contributed by atoms with Crippen LogP contribution in [0.2, 0.25) is 0 Å². The number of pyridine rings is 1. The summed E-state index contributed by atoms with van der Waals surface area (Å²) in [7, 11) is 0. The quantitative estimate of drug-likeness (QED) is 0.789. The van der Waals surface area contributed by atoms with Crippen LogP contribution in [-0.4, -0.2) is 47.9 Å². The average molecular weight is 434 g/mol. The SMILES string of the molecule is CC(C)C(=O)Nc1ccc(N2CCCN(C(=O)c3ccc(C(F)(F)F)cc3)CC2)nc1. The fourth-order valence-corrected chi connectivity index (χ4v) is 3.27. The van der Waals surface area contributed by atoms with Crippen molar-refractivity contribution in [2.45, 2.75) is 26.4 Å². The summed E-state index contributed by atoms with van der Waals surface area (Å²) in [6.07, 6.45) is -2.11. The van der Waals surface area contributed by atoms with Crippen LogP contribution >= 0.6 is 0 Å². The van der Waals surface area contributed by atoms with Gasteiger partial charge >= 0.3 is 6.18 Å². The van der Waals surface area contributed by atoms with E-state index in [4.69, 9.17) is 0 Å². The monoisotopic (exact) mass is 434 g/mol. The van der Waals surface area contributed by atoms with Crippen molar-refractivity contribution in [1.82, 2.24) is 9.88 Å². The number of amides is 2. The third-order valence-corrected chi connectivity index (χ3v) is 5.11.